The molecule has 17 heavy (non-hydrogen) atoms. The van der Waals surface area contributed by atoms with E-state index in [9.17, 15) is 4.79 Å². The third-order valence-corrected chi connectivity index (χ3v) is 3.30. The van der Waals surface area contributed by atoms with Crippen molar-refractivity contribution in [3.05, 3.63) is 23.8 Å². The minimum absolute atomic E-state index is 0.362. The van der Waals surface area contributed by atoms with E-state index in [0.717, 1.165) is 24.1 Å². The largest absolute Gasteiger partial charge is 0.465 e. The maximum absolute atomic E-state index is 11.3. The normalized spacial score (nSPS) is 22.0. The number of hydrogen-bond acceptors (Lipinski definition) is 4. The molecule has 4 nitrogen and oxygen atoms in total. The van der Waals surface area contributed by atoms with Gasteiger partial charge in [-0.25, -0.2) is 4.79 Å². The highest BCUT2D eigenvalue weighted by Gasteiger charge is 2.31. The van der Waals surface area contributed by atoms with E-state index in [1.54, 1.807) is 12.1 Å². The molecule has 0 amide bonds. The van der Waals surface area contributed by atoms with Crippen molar-refractivity contribution in [1.82, 2.24) is 0 Å². The lowest BCUT2D eigenvalue weighted by Crippen LogP contribution is -2.08. The van der Waals surface area contributed by atoms with E-state index in [-0.39, 0.29) is 5.97 Å². The summed E-state index contributed by atoms with van der Waals surface area (Å²) in [5, 5.41) is 3.31. The highest BCUT2D eigenvalue weighted by atomic mass is 16.5. The quantitative estimate of drug-likeness (QED) is 0.618. The average Bonchev–Trinajstić information content (AvgIpc) is 3.02. The summed E-state index contributed by atoms with van der Waals surface area (Å²) in [5.41, 5.74) is 7.84. The van der Waals surface area contributed by atoms with Crippen LogP contribution in [0.15, 0.2) is 18.2 Å². The van der Waals surface area contributed by atoms with E-state index in [1.807, 2.05) is 6.07 Å². The fourth-order valence-electron chi connectivity index (χ4n) is 1.89. The minimum Gasteiger partial charge on any atom is -0.465 e. The number of methoxy groups -OCH3 is 1. The van der Waals surface area contributed by atoms with Gasteiger partial charge < -0.3 is 15.8 Å². The molecule has 1 aromatic carbocycles. The number of nitrogens with one attached hydrogen (secondary N) is 1. The molecule has 0 bridgehead atoms. The molecule has 1 aromatic rings. The van der Waals surface area contributed by atoms with Gasteiger partial charge in [0.2, 0.25) is 0 Å². The van der Waals surface area contributed by atoms with Gasteiger partial charge in [0.1, 0.15) is 0 Å². The van der Waals surface area contributed by atoms with Crippen LogP contribution >= 0.6 is 0 Å². The smallest absolute Gasteiger partial charge is 0.337 e. The molecule has 2 unspecified atom stereocenters. The summed E-state index contributed by atoms with van der Waals surface area (Å²) in [6.07, 6.45) is 1.28. The molecule has 0 heterocycles. The summed E-state index contributed by atoms with van der Waals surface area (Å²) in [7, 11) is 1.36. The zero-order chi connectivity index (χ0) is 12.4. The minimum atomic E-state index is -0.362. The molecule has 0 radical (unpaired) electrons. The number of rotatable bonds is 4. The highest BCUT2D eigenvalue weighted by Crippen LogP contribution is 2.37. The van der Waals surface area contributed by atoms with Crippen molar-refractivity contribution in [2.24, 2.45) is 11.8 Å². The topological polar surface area (TPSA) is 64.3 Å². The number of carbonyl (C=O) groups excluding carboxylic acids is 1. The number of nitrogen functional groups attached to an aromatic ring is 1. The van der Waals surface area contributed by atoms with Gasteiger partial charge in [-0.2, -0.15) is 0 Å². The Morgan fingerprint density at radius 2 is 2.29 bits per heavy atom. The standard InChI is InChI=1S/C13H18N2O2/c1-8-5-10(8)7-15-12-4-3-9(6-11(12)14)13(16)17-2/h3-4,6,8,10,15H,5,7,14H2,1-2H3. The first-order valence-corrected chi connectivity index (χ1v) is 5.83. The Morgan fingerprint density at radius 1 is 1.59 bits per heavy atom. The van der Waals surface area contributed by atoms with E-state index in [4.69, 9.17) is 5.73 Å². The fraction of sp³-hybridized carbons (Fsp3) is 0.462. The molecule has 1 fully saturated rings. The van der Waals surface area contributed by atoms with Crippen molar-refractivity contribution in [3.63, 3.8) is 0 Å². The molecule has 4 heteroatoms. The van der Waals surface area contributed by atoms with Crippen LogP contribution in [0.2, 0.25) is 0 Å². The number of benzene rings is 1. The van der Waals surface area contributed by atoms with E-state index < -0.39 is 0 Å². The predicted octanol–water partition coefficient (Wildman–Crippen LogP) is 2.12. The molecular weight excluding hydrogens is 216 g/mol. The van der Waals surface area contributed by atoms with E-state index in [0.29, 0.717) is 11.3 Å². The van der Waals surface area contributed by atoms with Gasteiger partial charge in [0.05, 0.1) is 24.0 Å². The second-order valence-electron chi connectivity index (χ2n) is 4.65. The van der Waals surface area contributed by atoms with Crippen molar-refractivity contribution in [2.75, 3.05) is 24.7 Å². The molecule has 1 aliphatic rings. The number of nitrogens with two attached hydrogens (primary N) is 1. The molecule has 3 N–H and O–H groups in total. The average molecular weight is 234 g/mol. The van der Waals surface area contributed by atoms with Gasteiger partial charge in [-0.05, 0) is 36.5 Å². The van der Waals surface area contributed by atoms with Gasteiger partial charge in [-0.1, -0.05) is 6.92 Å². The van der Waals surface area contributed by atoms with Crippen LogP contribution in [0, 0.1) is 11.8 Å². The fourth-order valence-corrected chi connectivity index (χ4v) is 1.89. The van der Waals surface area contributed by atoms with Gasteiger partial charge >= 0.3 is 5.97 Å². The van der Waals surface area contributed by atoms with E-state index in [2.05, 4.69) is 17.0 Å². The van der Waals surface area contributed by atoms with Crippen molar-refractivity contribution < 1.29 is 9.53 Å². The van der Waals surface area contributed by atoms with Crippen LogP contribution in [0.25, 0.3) is 0 Å². The first-order valence-electron chi connectivity index (χ1n) is 5.83. The highest BCUT2D eigenvalue weighted by molar-refractivity contribution is 5.91. The first kappa shape index (κ1) is 11.8. The summed E-state index contributed by atoms with van der Waals surface area (Å²) < 4.78 is 4.64. The summed E-state index contributed by atoms with van der Waals surface area (Å²) >= 11 is 0. The molecular formula is C13H18N2O2. The van der Waals surface area contributed by atoms with E-state index >= 15 is 0 Å². The summed E-state index contributed by atoms with van der Waals surface area (Å²) in [6.45, 7) is 3.19. The molecule has 2 atom stereocenters. The molecule has 0 aromatic heterocycles. The number of carbonyl (C=O) groups is 1. The SMILES string of the molecule is COC(=O)c1ccc(NCC2CC2C)c(N)c1. The van der Waals surface area contributed by atoms with Crippen LogP contribution in [0.5, 0.6) is 0 Å². The number of hydrogen-bond donors (Lipinski definition) is 2. The second kappa shape index (κ2) is 4.65. The lowest BCUT2D eigenvalue weighted by molar-refractivity contribution is 0.0601. The number of anilines is 2. The second-order valence-corrected chi connectivity index (χ2v) is 4.65. The Balaban J connectivity index is 2.01. The predicted molar refractivity (Wildman–Crippen MR) is 68.0 cm³/mol. The zero-order valence-corrected chi connectivity index (χ0v) is 10.2. The molecule has 0 spiro atoms. The van der Waals surface area contributed by atoms with Gasteiger partial charge in [-0.15, -0.1) is 0 Å². The van der Waals surface area contributed by atoms with Gasteiger partial charge in [0, 0.05) is 6.54 Å². The third kappa shape index (κ3) is 2.70. The summed E-state index contributed by atoms with van der Waals surface area (Å²) in [6, 6.07) is 5.19. The lowest BCUT2D eigenvalue weighted by atomic mass is 10.1. The number of ether oxygens (including phenoxy) is 1. The van der Waals surface area contributed by atoms with Crippen molar-refractivity contribution in [1.29, 1.82) is 0 Å². The summed E-state index contributed by atoms with van der Waals surface area (Å²) in [4.78, 5) is 11.3. The third-order valence-electron chi connectivity index (χ3n) is 3.30. The molecule has 92 valence electrons. The summed E-state index contributed by atoms with van der Waals surface area (Å²) in [5.74, 6) is 1.21. The Morgan fingerprint density at radius 3 is 2.82 bits per heavy atom. The van der Waals surface area contributed by atoms with Crippen LogP contribution in [-0.2, 0) is 4.74 Å². The van der Waals surface area contributed by atoms with Crippen LogP contribution in [-0.4, -0.2) is 19.6 Å². The van der Waals surface area contributed by atoms with Crippen molar-refractivity contribution in [3.8, 4) is 0 Å². The molecule has 1 aliphatic carbocycles. The van der Waals surface area contributed by atoms with E-state index in [1.165, 1.54) is 13.5 Å². The lowest BCUT2D eigenvalue weighted by Gasteiger charge is -2.10. The zero-order valence-electron chi connectivity index (χ0n) is 10.2. The maximum atomic E-state index is 11.3. The van der Waals surface area contributed by atoms with Crippen LogP contribution in [0.4, 0.5) is 11.4 Å². The van der Waals surface area contributed by atoms with Gasteiger partial charge in [0.15, 0.2) is 0 Å². The van der Waals surface area contributed by atoms with Crippen molar-refractivity contribution >= 4 is 17.3 Å². The molecule has 0 saturated heterocycles. The maximum Gasteiger partial charge on any atom is 0.337 e. The Hall–Kier alpha value is -1.71. The molecule has 0 aliphatic heterocycles. The monoisotopic (exact) mass is 234 g/mol. The Kier molecular flexibility index (Phi) is 3.22. The Labute approximate surface area is 101 Å². The van der Waals surface area contributed by atoms with Crippen molar-refractivity contribution in [2.45, 2.75) is 13.3 Å². The van der Waals surface area contributed by atoms with Gasteiger partial charge in [0.25, 0.3) is 0 Å². The number of esters is 1. The molecule has 2 rings (SSSR count). The molecule has 1 saturated carbocycles. The van der Waals surface area contributed by atoms with Crippen LogP contribution in [0.3, 0.4) is 0 Å². The van der Waals surface area contributed by atoms with Gasteiger partial charge in [-0.3, -0.25) is 0 Å². The van der Waals surface area contributed by atoms with Crippen LogP contribution < -0.4 is 11.1 Å². The Bertz CT molecular complexity index is 431. The first-order chi connectivity index (χ1) is 8.11. The van der Waals surface area contributed by atoms with Crippen LogP contribution in [0.1, 0.15) is 23.7 Å².